The molecule has 1 saturated heterocycles. The molecule has 4 rings (SSSR count). The molecule has 1 aliphatic rings. The van der Waals surface area contributed by atoms with Crippen LogP contribution in [0.15, 0.2) is 49.3 Å². The molecule has 7 heteroatoms. The van der Waals surface area contributed by atoms with Gasteiger partial charge in [-0.2, -0.15) is 0 Å². The van der Waals surface area contributed by atoms with Gasteiger partial charge in [-0.1, -0.05) is 0 Å². The zero-order chi connectivity index (χ0) is 17.2. The molecule has 1 fully saturated rings. The number of benzene rings is 1. The maximum absolute atomic E-state index is 10.4. The molecule has 1 aliphatic heterocycles. The summed E-state index contributed by atoms with van der Waals surface area (Å²) in [7, 11) is 2.04. The van der Waals surface area contributed by atoms with Crippen molar-refractivity contribution >= 4 is 5.82 Å². The third-order valence-corrected chi connectivity index (χ3v) is 4.64. The Kier molecular flexibility index (Phi) is 4.07. The highest BCUT2D eigenvalue weighted by molar-refractivity contribution is 5.68. The average molecular weight is 336 g/mol. The average Bonchev–Trinajstić information content (AvgIpc) is 3.35. The number of nitrogens with one attached hydrogen (secondary N) is 1. The van der Waals surface area contributed by atoms with Crippen LogP contribution in [0.25, 0.3) is 16.9 Å². The second-order valence-electron chi connectivity index (χ2n) is 6.19. The van der Waals surface area contributed by atoms with E-state index in [1.165, 1.54) is 0 Å². The minimum atomic E-state index is 0.168. The molecule has 1 unspecified atom stereocenters. The van der Waals surface area contributed by atoms with Gasteiger partial charge in [-0.05, 0) is 25.1 Å². The quantitative estimate of drug-likeness (QED) is 0.757. The molecule has 2 N–H and O–H groups in total. The summed E-state index contributed by atoms with van der Waals surface area (Å²) < 4.78 is 1.84. The van der Waals surface area contributed by atoms with Crippen molar-refractivity contribution in [3.05, 3.63) is 49.3 Å². The predicted octanol–water partition coefficient (Wildman–Crippen LogP) is 1.83. The molecule has 2 aromatic heterocycles. The molecular weight excluding hydrogens is 316 g/mol. The molecule has 128 valence electrons. The van der Waals surface area contributed by atoms with Crippen molar-refractivity contribution in [1.29, 1.82) is 0 Å². The first-order valence-electron chi connectivity index (χ1n) is 8.29. The van der Waals surface area contributed by atoms with E-state index < -0.39 is 0 Å². The van der Waals surface area contributed by atoms with Crippen molar-refractivity contribution < 1.29 is 5.11 Å². The summed E-state index contributed by atoms with van der Waals surface area (Å²) in [5.74, 6) is 1.01. The van der Waals surface area contributed by atoms with Crippen molar-refractivity contribution in [3.8, 4) is 22.7 Å². The summed E-state index contributed by atoms with van der Waals surface area (Å²) in [5.41, 5.74) is 2.15. The highest BCUT2D eigenvalue weighted by atomic mass is 16.3. The Morgan fingerprint density at radius 2 is 2.20 bits per heavy atom. The number of anilines is 1. The van der Waals surface area contributed by atoms with Gasteiger partial charge in [0.1, 0.15) is 11.6 Å². The lowest BCUT2D eigenvalue weighted by atomic mass is 10.1. The molecule has 1 aromatic carbocycles. The van der Waals surface area contributed by atoms with E-state index in [0.29, 0.717) is 17.3 Å². The molecule has 0 radical (unpaired) electrons. The molecule has 25 heavy (non-hydrogen) atoms. The van der Waals surface area contributed by atoms with Gasteiger partial charge < -0.3 is 19.9 Å². The van der Waals surface area contributed by atoms with Crippen LogP contribution in [0.5, 0.6) is 5.75 Å². The molecule has 3 aromatic rings. The van der Waals surface area contributed by atoms with E-state index in [1.807, 2.05) is 29.9 Å². The largest absolute Gasteiger partial charge is 0.507 e. The van der Waals surface area contributed by atoms with Crippen molar-refractivity contribution in [2.24, 2.45) is 0 Å². The van der Waals surface area contributed by atoms with Crippen LogP contribution in [0.3, 0.4) is 0 Å². The summed E-state index contributed by atoms with van der Waals surface area (Å²) in [6.45, 7) is 2.01. The smallest absolute Gasteiger partial charge is 0.147 e. The monoisotopic (exact) mass is 336 g/mol. The first kappa shape index (κ1) is 15.6. The molecule has 0 aliphatic carbocycles. The van der Waals surface area contributed by atoms with Crippen LogP contribution in [-0.4, -0.2) is 50.8 Å². The zero-order valence-corrected chi connectivity index (χ0v) is 14.0. The molecule has 3 heterocycles. The maximum Gasteiger partial charge on any atom is 0.147 e. The Morgan fingerprint density at radius 1 is 1.28 bits per heavy atom. The molecule has 0 saturated carbocycles. The van der Waals surface area contributed by atoms with Gasteiger partial charge in [-0.3, -0.25) is 4.98 Å². The van der Waals surface area contributed by atoms with Crippen molar-refractivity contribution in [3.63, 3.8) is 0 Å². The number of nitrogens with zero attached hydrogens (tertiary/aromatic N) is 5. The first-order valence-corrected chi connectivity index (χ1v) is 8.29. The van der Waals surface area contributed by atoms with Crippen molar-refractivity contribution in [2.45, 2.75) is 12.5 Å². The Hall–Kier alpha value is -2.93. The van der Waals surface area contributed by atoms with E-state index >= 15 is 0 Å². The summed E-state index contributed by atoms with van der Waals surface area (Å²) >= 11 is 0. The van der Waals surface area contributed by atoms with E-state index in [1.54, 1.807) is 31.0 Å². The fourth-order valence-corrected chi connectivity index (χ4v) is 3.11. The summed E-state index contributed by atoms with van der Waals surface area (Å²) in [4.78, 5) is 15.2. The Balaban J connectivity index is 1.57. The Morgan fingerprint density at radius 3 is 2.84 bits per heavy atom. The lowest BCUT2D eigenvalue weighted by molar-refractivity contribution is 0.477. The molecule has 0 bridgehead atoms. The van der Waals surface area contributed by atoms with Gasteiger partial charge >= 0.3 is 0 Å². The van der Waals surface area contributed by atoms with E-state index in [-0.39, 0.29) is 5.75 Å². The molecule has 0 spiro atoms. The van der Waals surface area contributed by atoms with E-state index in [9.17, 15) is 5.11 Å². The number of hydrogen-bond acceptors (Lipinski definition) is 6. The lowest BCUT2D eigenvalue weighted by Crippen LogP contribution is -2.33. The SMILES string of the molecule is CN(c1cnc(-c2ccc(-n3ccnc3)cc2O)cn1)C1CCNC1. The topological polar surface area (TPSA) is 79.1 Å². The second kappa shape index (κ2) is 6.52. The number of aromatic hydroxyl groups is 1. The number of aromatic nitrogens is 4. The number of hydrogen-bond donors (Lipinski definition) is 2. The Labute approximate surface area is 146 Å². The van der Waals surface area contributed by atoms with E-state index in [4.69, 9.17) is 0 Å². The third-order valence-electron chi connectivity index (χ3n) is 4.64. The summed E-state index contributed by atoms with van der Waals surface area (Å²) in [5, 5.41) is 13.7. The molecule has 0 amide bonds. The van der Waals surface area contributed by atoms with Crippen molar-refractivity contribution in [2.75, 3.05) is 25.0 Å². The van der Waals surface area contributed by atoms with Crippen molar-refractivity contribution in [1.82, 2.24) is 24.8 Å². The predicted molar refractivity (Wildman–Crippen MR) is 95.9 cm³/mol. The van der Waals surface area contributed by atoms with E-state index in [2.05, 4.69) is 25.2 Å². The van der Waals surface area contributed by atoms with Crippen LogP contribution in [0.4, 0.5) is 5.82 Å². The van der Waals surface area contributed by atoms with Gasteiger partial charge in [-0.25, -0.2) is 9.97 Å². The van der Waals surface area contributed by atoms with Crippen LogP contribution in [0, 0.1) is 0 Å². The van der Waals surface area contributed by atoms with Gasteiger partial charge in [0.05, 0.1) is 30.1 Å². The number of phenolic OH excluding ortho intramolecular Hbond substituents is 1. The standard InChI is InChI=1S/C18H20N6O/c1-23(14-4-5-19-9-14)18-11-21-16(10-22-18)15-3-2-13(8-17(15)25)24-7-6-20-12-24/h2-3,6-8,10-12,14,19,25H,4-5,9H2,1H3. The molecule has 1 atom stereocenters. The number of imidazole rings is 1. The highest BCUT2D eigenvalue weighted by Crippen LogP contribution is 2.30. The van der Waals surface area contributed by atoms with Crippen LogP contribution in [-0.2, 0) is 0 Å². The van der Waals surface area contributed by atoms with Gasteiger partial charge in [0, 0.05) is 43.7 Å². The van der Waals surface area contributed by atoms with Crippen LogP contribution >= 0.6 is 0 Å². The van der Waals surface area contributed by atoms with Gasteiger partial charge in [0.15, 0.2) is 0 Å². The molecular formula is C18H20N6O. The second-order valence-corrected chi connectivity index (χ2v) is 6.19. The molecule has 7 nitrogen and oxygen atoms in total. The van der Waals surface area contributed by atoms with Gasteiger partial charge in [0.25, 0.3) is 0 Å². The number of rotatable bonds is 4. The normalized spacial score (nSPS) is 16.9. The first-order chi connectivity index (χ1) is 12.2. The number of phenols is 1. The Bertz CT molecular complexity index is 841. The zero-order valence-electron chi connectivity index (χ0n) is 14.0. The van der Waals surface area contributed by atoms with Crippen LogP contribution in [0.1, 0.15) is 6.42 Å². The highest BCUT2D eigenvalue weighted by Gasteiger charge is 2.20. The fourth-order valence-electron chi connectivity index (χ4n) is 3.11. The summed E-state index contributed by atoms with van der Waals surface area (Å²) in [6, 6.07) is 5.91. The fraction of sp³-hybridized carbons (Fsp3) is 0.278. The lowest BCUT2D eigenvalue weighted by Gasteiger charge is -2.24. The summed E-state index contributed by atoms with van der Waals surface area (Å²) in [6.07, 6.45) is 9.80. The minimum Gasteiger partial charge on any atom is -0.507 e. The van der Waals surface area contributed by atoms with Crippen LogP contribution in [0.2, 0.25) is 0 Å². The third kappa shape index (κ3) is 3.06. The minimum absolute atomic E-state index is 0.168. The number of likely N-dealkylation sites (N-methyl/N-ethyl adjacent to an activating group) is 1. The maximum atomic E-state index is 10.4. The van der Waals surface area contributed by atoms with E-state index in [0.717, 1.165) is 31.0 Å². The van der Waals surface area contributed by atoms with Gasteiger partial charge in [0.2, 0.25) is 0 Å². The van der Waals surface area contributed by atoms with Crippen LogP contribution < -0.4 is 10.2 Å². The van der Waals surface area contributed by atoms with Gasteiger partial charge in [-0.15, -0.1) is 0 Å².